The van der Waals surface area contributed by atoms with E-state index in [1.54, 1.807) is 0 Å². The van der Waals surface area contributed by atoms with Crippen molar-refractivity contribution < 1.29 is 4.74 Å². The predicted molar refractivity (Wildman–Crippen MR) is 82.9 cm³/mol. The third kappa shape index (κ3) is 4.59. The van der Waals surface area contributed by atoms with Crippen LogP contribution in [0.25, 0.3) is 0 Å². The van der Waals surface area contributed by atoms with Gasteiger partial charge in [0.1, 0.15) is 0 Å². The zero-order valence-corrected chi connectivity index (χ0v) is 13.1. The number of nitrogens with one attached hydrogen (secondary N) is 1. The van der Waals surface area contributed by atoms with Gasteiger partial charge in [0.2, 0.25) is 0 Å². The van der Waals surface area contributed by atoms with Crippen LogP contribution in [0.15, 0.2) is 12.1 Å². The van der Waals surface area contributed by atoms with Crippen molar-refractivity contribution in [2.45, 2.75) is 52.0 Å². The van der Waals surface area contributed by atoms with Crippen molar-refractivity contribution in [2.75, 3.05) is 19.8 Å². The van der Waals surface area contributed by atoms with E-state index in [9.17, 15) is 0 Å². The van der Waals surface area contributed by atoms with Gasteiger partial charge in [-0.1, -0.05) is 13.8 Å². The van der Waals surface area contributed by atoms with Gasteiger partial charge >= 0.3 is 0 Å². The Morgan fingerprint density at radius 2 is 2.11 bits per heavy atom. The molecule has 0 aliphatic carbocycles. The Balaban J connectivity index is 1.97. The molecule has 1 aliphatic heterocycles. The van der Waals surface area contributed by atoms with Crippen molar-refractivity contribution in [1.29, 1.82) is 0 Å². The Labute approximate surface area is 121 Å². The van der Waals surface area contributed by atoms with Crippen molar-refractivity contribution in [1.82, 2.24) is 5.32 Å². The molecule has 1 aromatic rings. The zero-order valence-electron chi connectivity index (χ0n) is 12.3. The highest BCUT2D eigenvalue weighted by Gasteiger charge is 2.21. The summed E-state index contributed by atoms with van der Waals surface area (Å²) in [7, 11) is 0. The number of hydrogen-bond donors (Lipinski definition) is 1. The van der Waals surface area contributed by atoms with Crippen LogP contribution in [0, 0.1) is 5.92 Å². The smallest absolute Gasteiger partial charge is 0.0468 e. The van der Waals surface area contributed by atoms with Crippen LogP contribution in [0.1, 0.15) is 55.3 Å². The highest BCUT2D eigenvalue weighted by Crippen LogP contribution is 2.31. The molecule has 1 unspecified atom stereocenters. The lowest BCUT2D eigenvalue weighted by Crippen LogP contribution is -2.26. The van der Waals surface area contributed by atoms with Crippen molar-refractivity contribution in [3.05, 3.63) is 21.9 Å². The second-order valence-electron chi connectivity index (χ2n) is 5.46. The fraction of sp³-hybridized carbons (Fsp3) is 0.750. The van der Waals surface area contributed by atoms with E-state index in [0.29, 0.717) is 6.04 Å². The van der Waals surface area contributed by atoms with E-state index in [4.69, 9.17) is 4.74 Å². The molecule has 108 valence electrons. The summed E-state index contributed by atoms with van der Waals surface area (Å²) in [6.45, 7) is 7.51. The minimum atomic E-state index is 0.549. The maximum Gasteiger partial charge on any atom is 0.0468 e. The average Bonchev–Trinajstić information content (AvgIpc) is 2.93. The van der Waals surface area contributed by atoms with E-state index in [1.807, 2.05) is 11.3 Å². The average molecular weight is 281 g/mol. The number of rotatable bonds is 7. The van der Waals surface area contributed by atoms with Gasteiger partial charge in [-0.15, -0.1) is 11.3 Å². The summed E-state index contributed by atoms with van der Waals surface area (Å²) in [4.78, 5) is 3.03. The first-order chi connectivity index (χ1) is 9.33. The molecule has 1 aliphatic rings. The number of hydrogen-bond acceptors (Lipinski definition) is 3. The quantitative estimate of drug-likeness (QED) is 0.810. The Bertz CT molecular complexity index is 357. The van der Waals surface area contributed by atoms with Gasteiger partial charge in [0.15, 0.2) is 0 Å². The lowest BCUT2D eigenvalue weighted by atomic mass is 9.92. The van der Waals surface area contributed by atoms with Crippen LogP contribution in [0.5, 0.6) is 0 Å². The molecule has 0 bridgehead atoms. The van der Waals surface area contributed by atoms with Crippen molar-refractivity contribution in [2.24, 2.45) is 5.92 Å². The lowest BCUT2D eigenvalue weighted by Gasteiger charge is -2.27. The molecular formula is C16H27NOS. The Morgan fingerprint density at radius 1 is 1.32 bits per heavy atom. The van der Waals surface area contributed by atoms with E-state index in [2.05, 4.69) is 31.3 Å². The molecule has 1 fully saturated rings. The highest BCUT2D eigenvalue weighted by atomic mass is 32.1. The van der Waals surface area contributed by atoms with Crippen LogP contribution in [0.4, 0.5) is 0 Å². The summed E-state index contributed by atoms with van der Waals surface area (Å²) >= 11 is 1.99. The third-order valence-corrected chi connectivity index (χ3v) is 5.27. The largest absolute Gasteiger partial charge is 0.381 e. The molecule has 1 atom stereocenters. The van der Waals surface area contributed by atoms with Crippen LogP contribution in [0.3, 0.4) is 0 Å². The fourth-order valence-electron chi connectivity index (χ4n) is 2.71. The number of aryl methyl sites for hydroxylation is 1. The highest BCUT2D eigenvalue weighted by molar-refractivity contribution is 7.12. The Kier molecular flexibility index (Phi) is 6.35. The number of ether oxygens (including phenoxy) is 1. The summed E-state index contributed by atoms with van der Waals surface area (Å²) in [5.41, 5.74) is 0. The normalized spacial score (nSPS) is 18.6. The van der Waals surface area contributed by atoms with Gasteiger partial charge in [-0.3, -0.25) is 0 Å². The van der Waals surface area contributed by atoms with Gasteiger partial charge in [-0.25, -0.2) is 0 Å². The first-order valence-electron chi connectivity index (χ1n) is 7.73. The topological polar surface area (TPSA) is 21.3 Å². The molecule has 0 saturated carbocycles. The Hall–Kier alpha value is -0.380. The molecule has 0 aromatic carbocycles. The lowest BCUT2D eigenvalue weighted by molar-refractivity contribution is 0.0606. The minimum Gasteiger partial charge on any atom is -0.381 e. The maximum absolute atomic E-state index is 5.47. The number of thiophene rings is 1. The molecule has 1 aromatic heterocycles. The molecule has 2 nitrogen and oxygen atoms in total. The van der Waals surface area contributed by atoms with Crippen LogP contribution < -0.4 is 5.32 Å². The van der Waals surface area contributed by atoms with E-state index in [-0.39, 0.29) is 0 Å². The molecule has 1 saturated heterocycles. The van der Waals surface area contributed by atoms with Gasteiger partial charge in [0, 0.05) is 29.0 Å². The van der Waals surface area contributed by atoms with Gasteiger partial charge in [0.25, 0.3) is 0 Å². The fourth-order valence-corrected chi connectivity index (χ4v) is 3.75. The molecule has 2 rings (SSSR count). The summed E-state index contributed by atoms with van der Waals surface area (Å²) in [6, 6.07) is 5.18. The SMILES string of the molecule is CCCNC(CC1CCOCC1)c1ccc(CC)s1. The summed E-state index contributed by atoms with van der Waals surface area (Å²) in [6.07, 6.45) is 6.10. The van der Waals surface area contributed by atoms with Crippen LogP contribution >= 0.6 is 11.3 Å². The molecule has 0 spiro atoms. The molecule has 19 heavy (non-hydrogen) atoms. The monoisotopic (exact) mass is 281 g/mol. The van der Waals surface area contributed by atoms with Crippen LogP contribution in [0.2, 0.25) is 0 Å². The second-order valence-corrected chi connectivity index (χ2v) is 6.66. The molecule has 2 heterocycles. The molecular weight excluding hydrogens is 254 g/mol. The van der Waals surface area contributed by atoms with Gasteiger partial charge < -0.3 is 10.1 Å². The third-order valence-electron chi connectivity index (χ3n) is 3.92. The molecule has 1 N–H and O–H groups in total. The second kappa shape index (κ2) is 8.03. The minimum absolute atomic E-state index is 0.549. The Morgan fingerprint density at radius 3 is 2.74 bits per heavy atom. The first kappa shape index (κ1) is 15.0. The summed E-state index contributed by atoms with van der Waals surface area (Å²) in [5, 5.41) is 3.74. The first-order valence-corrected chi connectivity index (χ1v) is 8.54. The van der Waals surface area contributed by atoms with E-state index < -0.39 is 0 Å². The maximum atomic E-state index is 5.47. The van der Waals surface area contributed by atoms with Gasteiger partial charge in [0.05, 0.1) is 0 Å². The predicted octanol–water partition coefficient (Wildman–Crippen LogP) is 4.17. The molecule has 0 radical (unpaired) electrons. The van der Waals surface area contributed by atoms with E-state index in [0.717, 1.165) is 32.1 Å². The van der Waals surface area contributed by atoms with Gasteiger partial charge in [-0.05, 0) is 56.7 Å². The van der Waals surface area contributed by atoms with Crippen LogP contribution in [-0.2, 0) is 11.2 Å². The van der Waals surface area contributed by atoms with E-state index in [1.165, 1.54) is 35.4 Å². The van der Waals surface area contributed by atoms with Crippen molar-refractivity contribution in [3.63, 3.8) is 0 Å². The molecule has 3 heteroatoms. The molecule has 0 amide bonds. The summed E-state index contributed by atoms with van der Waals surface area (Å²) in [5.74, 6) is 0.829. The van der Waals surface area contributed by atoms with Crippen molar-refractivity contribution in [3.8, 4) is 0 Å². The standard InChI is InChI=1S/C16H27NOS/c1-3-9-17-15(12-13-7-10-18-11-8-13)16-6-5-14(4-2)19-16/h5-6,13,15,17H,3-4,7-12H2,1-2H3. The van der Waals surface area contributed by atoms with Gasteiger partial charge in [-0.2, -0.15) is 0 Å². The summed E-state index contributed by atoms with van der Waals surface area (Å²) < 4.78 is 5.47. The zero-order chi connectivity index (χ0) is 13.5. The van der Waals surface area contributed by atoms with E-state index >= 15 is 0 Å². The van der Waals surface area contributed by atoms with Crippen LogP contribution in [-0.4, -0.2) is 19.8 Å². The van der Waals surface area contributed by atoms with Crippen molar-refractivity contribution >= 4 is 11.3 Å².